The second kappa shape index (κ2) is 7.35. The van der Waals surface area contributed by atoms with Crippen molar-refractivity contribution < 1.29 is 28.7 Å². The van der Waals surface area contributed by atoms with Crippen molar-refractivity contribution in [3.8, 4) is 11.5 Å². The lowest BCUT2D eigenvalue weighted by molar-refractivity contribution is -0.386. The maximum atomic E-state index is 13.8. The number of methoxy groups -OCH3 is 1. The van der Waals surface area contributed by atoms with Crippen LogP contribution in [0.1, 0.15) is 11.1 Å². The third kappa shape index (κ3) is 3.47. The fraction of sp³-hybridized carbons (Fsp3) is 0.111. The fourth-order valence-corrected chi connectivity index (χ4v) is 2.67. The first-order valence-corrected chi connectivity index (χ1v) is 7.95. The van der Waals surface area contributed by atoms with Crippen molar-refractivity contribution >= 4 is 23.7 Å². The minimum Gasteiger partial charge on any atom is -0.500 e. The quantitative estimate of drug-likeness (QED) is 0.352. The van der Waals surface area contributed by atoms with Crippen molar-refractivity contribution in [3.05, 3.63) is 69.2 Å². The molecule has 1 heterocycles. The zero-order valence-electron chi connectivity index (χ0n) is 14.5. The lowest BCUT2D eigenvalue weighted by atomic mass is 10.1. The molecule has 2 N–H and O–H groups in total. The summed E-state index contributed by atoms with van der Waals surface area (Å²) >= 11 is 0. The Morgan fingerprint density at radius 3 is 2.68 bits per heavy atom. The number of phenolic OH excluding ortho intramolecular Hbond substituents is 1. The fourth-order valence-electron chi connectivity index (χ4n) is 2.67. The largest absolute Gasteiger partial charge is 0.500 e. The molecule has 10 heteroatoms. The number of carbonyl (C=O) groups excluding carboxylic acids is 2. The molecule has 0 aliphatic carbocycles. The molecule has 0 atom stereocenters. The maximum absolute atomic E-state index is 13.8. The van der Waals surface area contributed by atoms with Crippen LogP contribution in [0.25, 0.3) is 6.08 Å². The van der Waals surface area contributed by atoms with Gasteiger partial charge in [-0.15, -0.1) is 0 Å². The van der Waals surface area contributed by atoms with Crippen LogP contribution >= 0.6 is 0 Å². The van der Waals surface area contributed by atoms with E-state index in [9.17, 15) is 29.2 Å². The van der Waals surface area contributed by atoms with Crippen LogP contribution in [-0.4, -0.2) is 34.0 Å². The Balaban J connectivity index is 1.93. The number of hydrogen-bond donors (Lipinski definition) is 2. The van der Waals surface area contributed by atoms with Gasteiger partial charge >= 0.3 is 11.7 Å². The minimum atomic E-state index is -0.806. The summed E-state index contributed by atoms with van der Waals surface area (Å²) in [6.07, 6.45) is 1.20. The first kappa shape index (κ1) is 18.8. The number of ether oxygens (including phenoxy) is 1. The summed E-state index contributed by atoms with van der Waals surface area (Å²) in [7, 11) is 1.22. The summed E-state index contributed by atoms with van der Waals surface area (Å²) in [5, 5.41) is 23.2. The van der Waals surface area contributed by atoms with Crippen molar-refractivity contribution in [2.75, 3.05) is 7.11 Å². The average Bonchev–Trinajstić information content (AvgIpc) is 2.91. The molecule has 1 aliphatic heterocycles. The van der Waals surface area contributed by atoms with Gasteiger partial charge in [-0.05, 0) is 23.8 Å². The van der Waals surface area contributed by atoms with E-state index in [-0.39, 0.29) is 29.1 Å². The summed E-state index contributed by atoms with van der Waals surface area (Å²) in [5.74, 6) is -2.10. The maximum Gasteiger partial charge on any atom is 0.329 e. The van der Waals surface area contributed by atoms with Crippen LogP contribution in [0.15, 0.2) is 42.1 Å². The number of nitrogens with one attached hydrogen (secondary N) is 1. The third-order valence-electron chi connectivity index (χ3n) is 4.05. The molecule has 144 valence electrons. The van der Waals surface area contributed by atoms with Crippen LogP contribution in [0.5, 0.6) is 11.5 Å². The number of aromatic hydroxyl groups is 1. The monoisotopic (exact) mass is 387 g/mol. The molecule has 0 saturated carbocycles. The molecule has 1 fully saturated rings. The number of nitro benzene ring substituents is 1. The van der Waals surface area contributed by atoms with E-state index in [1.54, 1.807) is 6.07 Å². The van der Waals surface area contributed by atoms with E-state index in [1.165, 1.54) is 37.5 Å². The molecule has 0 spiro atoms. The number of hydrogen-bond acceptors (Lipinski definition) is 6. The lowest BCUT2D eigenvalue weighted by Crippen LogP contribution is -2.30. The molecule has 2 aromatic rings. The SMILES string of the molecule is COc1cc(/C=C2/NC(=O)N(Cc3ccccc3F)C2=O)cc([N+](=O)[O-])c1O. The third-order valence-corrected chi connectivity index (χ3v) is 4.05. The summed E-state index contributed by atoms with van der Waals surface area (Å²) in [4.78, 5) is 35.7. The average molecular weight is 387 g/mol. The van der Waals surface area contributed by atoms with Crippen molar-refractivity contribution in [2.24, 2.45) is 0 Å². The zero-order chi connectivity index (χ0) is 20.4. The first-order valence-electron chi connectivity index (χ1n) is 7.95. The molecule has 0 radical (unpaired) electrons. The molecule has 2 aromatic carbocycles. The van der Waals surface area contributed by atoms with E-state index in [2.05, 4.69) is 5.32 Å². The van der Waals surface area contributed by atoms with Gasteiger partial charge in [-0.2, -0.15) is 0 Å². The molecule has 3 amide bonds. The van der Waals surface area contributed by atoms with Crippen LogP contribution in [0.3, 0.4) is 0 Å². The number of nitrogens with zero attached hydrogens (tertiary/aromatic N) is 2. The Bertz CT molecular complexity index is 1020. The molecular weight excluding hydrogens is 373 g/mol. The van der Waals surface area contributed by atoms with E-state index in [4.69, 9.17) is 4.74 Å². The Hall–Kier alpha value is -3.95. The van der Waals surface area contributed by atoms with Crippen molar-refractivity contribution in [1.82, 2.24) is 10.2 Å². The number of halogens is 1. The molecule has 3 rings (SSSR count). The van der Waals surface area contributed by atoms with Gasteiger partial charge in [0.25, 0.3) is 5.91 Å². The minimum absolute atomic E-state index is 0.150. The number of urea groups is 1. The Morgan fingerprint density at radius 2 is 2.04 bits per heavy atom. The zero-order valence-corrected chi connectivity index (χ0v) is 14.5. The van der Waals surface area contributed by atoms with Crippen LogP contribution in [-0.2, 0) is 11.3 Å². The number of phenols is 1. The summed E-state index contributed by atoms with van der Waals surface area (Å²) in [6.45, 7) is -0.270. The van der Waals surface area contributed by atoms with Gasteiger partial charge < -0.3 is 15.2 Å². The molecule has 9 nitrogen and oxygen atoms in total. The van der Waals surface area contributed by atoms with E-state index in [0.29, 0.717) is 0 Å². The summed E-state index contributed by atoms with van der Waals surface area (Å²) < 4.78 is 18.7. The standard InChI is InChI=1S/C18H14FN3O6/c1-28-15-8-10(7-14(16(15)23)22(26)27)6-13-17(24)21(18(25)20-13)9-11-4-2-3-5-12(11)19/h2-8,23H,9H2,1H3,(H,20,25)/b13-6+. The molecule has 0 bridgehead atoms. The van der Waals surface area contributed by atoms with Crippen LogP contribution < -0.4 is 10.1 Å². The van der Waals surface area contributed by atoms with Crippen molar-refractivity contribution in [1.29, 1.82) is 0 Å². The number of benzene rings is 2. The molecule has 0 unspecified atom stereocenters. The van der Waals surface area contributed by atoms with Gasteiger partial charge in [0.2, 0.25) is 5.75 Å². The Morgan fingerprint density at radius 1 is 1.32 bits per heavy atom. The van der Waals surface area contributed by atoms with E-state index in [0.717, 1.165) is 11.0 Å². The first-order chi connectivity index (χ1) is 13.3. The number of carbonyl (C=O) groups is 2. The van der Waals surface area contributed by atoms with Crippen molar-refractivity contribution in [2.45, 2.75) is 6.54 Å². The van der Waals surface area contributed by atoms with E-state index < -0.39 is 34.1 Å². The van der Waals surface area contributed by atoms with Crippen LogP contribution in [0.4, 0.5) is 14.9 Å². The highest BCUT2D eigenvalue weighted by Gasteiger charge is 2.34. The molecule has 28 heavy (non-hydrogen) atoms. The summed E-state index contributed by atoms with van der Waals surface area (Å²) in [5.41, 5.74) is -0.457. The van der Waals surface area contributed by atoms with Gasteiger partial charge in [-0.3, -0.25) is 19.8 Å². The number of amides is 3. The molecule has 1 aliphatic rings. The highest BCUT2D eigenvalue weighted by Crippen LogP contribution is 2.37. The predicted molar refractivity (Wildman–Crippen MR) is 94.8 cm³/mol. The Labute approximate surface area is 157 Å². The van der Waals surface area contributed by atoms with Gasteiger partial charge in [0, 0.05) is 11.6 Å². The highest BCUT2D eigenvalue weighted by molar-refractivity contribution is 6.13. The lowest BCUT2D eigenvalue weighted by Gasteiger charge is -2.12. The molecular formula is C18H14FN3O6. The second-order valence-corrected chi connectivity index (χ2v) is 5.82. The van der Waals surface area contributed by atoms with E-state index >= 15 is 0 Å². The second-order valence-electron chi connectivity index (χ2n) is 5.82. The van der Waals surface area contributed by atoms with Gasteiger partial charge in [0.1, 0.15) is 11.5 Å². The van der Waals surface area contributed by atoms with Crippen LogP contribution in [0, 0.1) is 15.9 Å². The van der Waals surface area contributed by atoms with E-state index in [1.807, 2.05) is 0 Å². The van der Waals surface area contributed by atoms with Gasteiger partial charge in [0.15, 0.2) is 5.75 Å². The normalized spacial score (nSPS) is 15.1. The molecule has 1 saturated heterocycles. The predicted octanol–water partition coefficient (Wildman–Crippen LogP) is 2.54. The number of rotatable bonds is 5. The number of nitro groups is 1. The topological polar surface area (TPSA) is 122 Å². The van der Waals surface area contributed by atoms with Crippen LogP contribution in [0.2, 0.25) is 0 Å². The van der Waals surface area contributed by atoms with Gasteiger partial charge in [-0.1, -0.05) is 18.2 Å². The number of imide groups is 1. The summed E-state index contributed by atoms with van der Waals surface area (Å²) in [6, 6.07) is 7.28. The Kier molecular flexibility index (Phi) is 4.94. The van der Waals surface area contributed by atoms with Gasteiger partial charge in [-0.25, -0.2) is 9.18 Å². The van der Waals surface area contributed by atoms with Crippen molar-refractivity contribution in [3.63, 3.8) is 0 Å². The smallest absolute Gasteiger partial charge is 0.329 e. The highest BCUT2D eigenvalue weighted by atomic mass is 19.1. The molecule has 0 aromatic heterocycles. The van der Waals surface area contributed by atoms with Gasteiger partial charge in [0.05, 0.1) is 18.6 Å².